The summed E-state index contributed by atoms with van der Waals surface area (Å²) < 4.78 is 10.3. The lowest BCUT2D eigenvalue weighted by atomic mass is 10.9. The van der Waals surface area contributed by atoms with Crippen LogP contribution in [-0.2, 0) is 0 Å². The van der Waals surface area contributed by atoms with Crippen molar-refractivity contribution in [1.82, 2.24) is 0 Å². The van der Waals surface area contributed by atoms with Crippen LogP contribution in [0.5, 0.6) is 0 Å². The quantitative estimate of drug-likeness (QED) is 0.247. The van der Waals surface area contributed by atoms with Crippen molar-refractivity contribution in [2.24, 2.45) is 0 Å². The van der Waals surface area contributed by atoms with Gasteiger partial charge in [-0.3, -0.25) is 9.30 Å². The largest absolute Gasteiger partial charge is 0.373 e. The van der Waals surface area contributed by atoms with E-state index in [9.17, 15) is 4.39 Å². The molecule has 0 aliphatic heterocycles. The highest BCUT2D eigenvalue weighted by Crippen LogP contribution is 1.48. The molecule has 0 saturated heterocycles. The normalized spacial score (nSPS) is 4.33. The van der Waals surface area contributed by atoms with Crippen LogP contribution in [0.4, 0.5) is 4.39 Å². The molecular formula is C2H5FN3-. The van der Waals surface area contributed by atoms with E-state index >= 15 is 0 Å². The maximum Gasteiger partial charge on any atom is 0.0866 e. The molecular weight excluding hydrogens is 84.0 g/mol. The SMILES string of the molecule is CC[18F].[N-]=[N+]=[N-]. The third-order valence-electron chi connectivity index (χ3n) is 0. The van der Waals surface area contributed by atoms with Crippen molar-refractivity contribution in [3.8, 4) is 0 Å². The predicted octanol–water partition coefficient (Wildman–Crippen LogP) is 1.84. The minimum Gasteiger partial charge on any atom is -0.373 e. The summed E-state index contributed by atoms with van der Waals surface area (Å²) in [5, 5.41) is 0. The number of rotatable bonds is 0. The molecule has 0 unspecified atom stereocenters. The molecule has 36 valence electrons. The Morgan fingerprint density at radius 1 is 1.67 bits per heavy atom. The first-order valence-electron chi connectivity index (χ1n) is 1.37. The van der Waals surface area contributed by atoms with Gasteiger partial charge in [-0.05, 0) is 6.92 Å². The van der Waals surface area contributed by atoms with Gasteiger partial charge in [0.05, 0.1) is 6.67 Å². The number of hydrogen-bond acceptors (Lipinski definition) is 0. The molecule has 6 heavy (non-hydrogen) atoms. The first-order chi connectivity index (χ1) is 2.83. The molecule has 0 aromatic carbocycles. The highest BCUT2D eigenvalue weighted by molar-refractivity contribution is 4.36. The zero-order chi connectivity index (χ0) is 5.41. The predicted molar refractivity (Wildman–Crippen MR) is 21.7 cm³/mol. The first-order valence-corrected chi connectivity index (χ1v) is 1.37. The fourth-order valence-electron chi connectivity index (χ4n) is 0. The number of hydrogen-bond donors (Lipinski definition) is 0. The molecule has 3 nitrogen and oxygen atoms in total. The monoisotopic (exact) mass is 89.0 g/mol. The molecule has 0 heterocycles. The Kier molecular flexibility index (Phi) is 43.3. The average molecular weight is 89.1 g/mol. The summed E-state index contributed by atoms with van der Waals surface area (Å²) in [5.41, 5.74) is 13.5. The molecule has 0 radical (unpaired) electrons. The zero-order valence-corrected chi connectivity index (χ0v) is 3.43. The van der Waals surface area contributed by atoms with Gasteiger partial charge in [-0.25, -0.2) is 0 Å². The van der Waals surface area contributed by atoms with E-state index in [0.717, 1.165) is 0 Å². The minimum atomic E-state index is -0.250. The zero-order valence-electron chi connectivity index (χ0n) is 3.43. The Morgan fingerprint density at radius 2 is 1.67 bits per heavy atom. The lowest BCUT2D eigenvalue weighted by Gasteiger charge is -1.45. The van der Waals surface area contributed by atoms with Gasteiger partial charge in [0.1, 0.15) is 0 Å². The van der Waals surface area contributed by atoms with E-state index in [1.165, 1.54) is 11.8 Å². The van der Waals surface area contributed by atoms with E-state index in [-0.39, 0.29) is 6.67 Å². The molecule has 0 aromatic heterocycles. The van der Waals surface area contributed by atoms with Gasteiger partial charge in [0.15, 0.2) is 0 Å². The van der Waals surface area contributed by atoms with E-state index in [1.54, 1.807) is 0 Å². The molecule has 0 aliphatic rings. The van der Waals surface area contributed by atoms with Gasteiger partial charge in [-0.1, -0.05) is 0 Å². The molecule has 0 amide bonds. The summed E-state index contributed by atoms with van der Waals surface area (Å²) >= 11 is 0. The highest BCUT2D eigenvalue weighted by atomic mass is 18.2. The van der Waals surface area contributed by atoms with Crippen LogP contribution in [0.15, 0.2) is 0 Å². The van der Waals surface area contributed by atoms with Crippen LogP contribution >= 0.6 is 0 Å². The summed E-state index contributed by atoms with van der Waals surface area (Å²) in [5.74, 6) is 0. The molecule has 0 saturated carbocycles. The summed E-state index contributed by atoms with van der Waals surface area (Å²) in [6, 6.07) is 0. The molecule has 0 bridgehead atoms. The van der Waals surface area contributed by atoms with E-state index in [0.29, 0.717) is 0 Å². The second-order valence-electron chi connectivity index (χ2n) is 0.357. The summed E-state index contributed by atoms with van der Waals surface area (Å²) in [6.45, 7) is 1.21. The van der Waals surface area contributed by atoms with Crippen molar-refractivity contribution in [2.45, 2.75) is 6.92 Å². The van der Waals surface area contributed by atoms with Crippen molar-refractivity contribution in [2.75, 3.05) is 6.67 Å². The van der Waals surface area contributed by atoms with Crippen molar-refractivity contribution in [3.63, 3.8) is 0 Å². The van der Waals surface area contributed by atoms with E-state index < -0.39 is 0 Å². The van der Waals surface area contributed by atoms with Gasteiger partial charge in [-0.15, -0.1) is 0 Å². The molecule has 0 rings (SSSR count). The Balaban J connectivity index is 0. The summed E-state index contributed by atoms with van der Waals surface area (Å²) in [7, 11) is 0. The first kappa shape index (κ1) is 8.97. The molecule has 0 atom stereocenters. The van der Waals surface area contributed by atoms with Gasteiger partial charge < -0.3 is 11.1 Å². The average Bonchev–Trinajstić information content (AvgIpc) is 1.39. The van der Waals surface area contributed by atoms with Crippen LogP contribution < -0.4 is 0 Å². The van der Waals surface area contributed by atoms with Crippen molar-refractivity contribution >= 4 is 0 Å². The Labute approximate surface area is 35.2 Å². The van der Waals surface area contributed by atoms with Crippen LogP contribution in [0, 0.1) is 0 Å². The minimum absolute atomic E-state index is 0.250. The van der Waals surface area contributed by atoms with Gasteiger partial charge in [0.25, 0.3) is 0 Å². The van der Waals surface area contributed by atoms with Crippen molar-refractivity contribution in [1.29, 1.82) is 0 Å². The highest BCUT2D eigenvalue weighted by Gasteiger charge is 1.39. The summed E-state index contributed by atoms with van der Waals surface area (Å²) in [6.07, 6.45) is 0. The van der Waals surface area contributed by atoms with E-state index in [2.05, 4.69) is 0 Å². The fourth-order valence-corrected chi connectivity index (χ4v) is 0. The molecule has 4 heteroatoms. The Morgan fingerprint density at radius 3 is 1.67 bits per heavy atom. The molecule has 0 aliphatic carbocycles. The van der Waals surface area contributed by atoms with Gasteiger partial charge >= 0.3 is 0 Å². The second kappa shape index (κ2) is 28.9. The fraction of sp³-hybridized carbons (Fsp3) is 1.00. The van der Waals surface area contributed by atoms with Crippen LogP contribution in [0.1, 0.15) is 6.92 Å². The van der Waals surface area contributed by atoms with Crippen molar-refractivity contribution in [3.05, 3.63) is 16.0 Å². The van der Waals surface area contributed by atoms with Crippen molar-refractivity contribution < 1.29 is 4.39 Å². The van der Waals surface area contributed by atoms with Crippen LogP contribution in [0.2, 0.25) is 0 Å². The smallest absolute Gasteiger partial charge is 0.0866 e. The van der Waals surface area contributed by atoms with E-state index in [1.807, 2.05) is 0 Å². The number of nitrogens with zero attached hydrogens (tertiary/aromatic N) is 3. The lowest BCUT2D eigenvalue weighted by molar-refractivity contribution is 0.527. The molecule has 0 N–H and O–H groups in total. The standard InChI is InChI=1S/C2H5F.N3/c1-2-3;1-3-2/h2H2,1H3;/q;-1/i3-1;. The molecule has 0 spiro atoms. The molecule has 0 aromatic rings. The second-order valence-corrected chi connectivity index (χ2v) is 0.357. The maximum absolute atomic E-state index is 10.3. The van der Waals surface area contributed by atoms with Gasteiger partial charge in [0, 0.05) is 0 Å². The number of halogens is 1. The Bertz CT molecular complexity index is 38.1. The van der Waals surface area contributed by atoms with Crippen LogP contribution in [0.25, 0.3) is 16.0 Å². The maximum atomic E-state index is 10.3. The van der Waals surface area contributed by atoms with Gasteiger partial charge in [0.2, 0.25) is 0 Å². The summed E-state index contributed by atoms with van der Waals surface area (Å²) in [4.78, 5) is 1.50. The Hall–Kier alpha value is -0.760. The van der Waals surface area contributed by atoms with Gasteiger partial charge in [-0.2, -0.15) is 0 Å². The van der Waals surface area contributed by atoms with Crippen LogP contribution in [-0.4, -0.2) is 6.67 Å². The van der Waals surface area contributed by atoms with Crippen LogP contribution in [0.3, 0.4) is 0 Å². The third-order valence-corrected chi connectivity index (χ3v) is 0. The lowest BCUT2D eigenvalue weighted by Crippen LogP contribution is -1.40. The van der Waals surface area contributed by atoms with E-state index in [4.69, 9.17) is 11.1 Å². The number of alkyl halides is 1. The third kappa shape index (κ3) is 28.1. The topological polar surface area (TPSA) is 58.7 Å². The molecule has 0 fully saturated rings.